The average Bonchev–Trinajstić information content (AvgIpc) is 3.46. The van der Waals surface area contributed by atoms with Crippen LogP contribution in [-0.4, -0.2) is 66.4 Å². The monoisotopic (exact) mass is 570 g/mol. The molecule has 1 spiro atoms. The second kappa shape index (κ2) is 13.6. The minimum atomic E-state index is -0.791. The van der Waals surface area contributed by atoms with E-state index in [0.717, 1.165) is 64.2 Å². The number of Topliss-reactive ketones (excluding diaryl/α,β-unsaturated/α-hetero) is 1. The summed E-state index contributed by atoms with van der Waals surface area (Å²) in [5.74, 6) is -0.373. The van der Waals surface area contributed by atoms with Crippen molar-refractivity contribution in [3.8, 4) is 17.0 Å². The van der Waals surface area contributed by atoms with Crippen molar-refractivity contribution in [3.63, 3.8) is 0 Å². The maximum absolute atomic E-state index is 14.5. The Balaban J connectivity index is 1.51. The summed E-state index contributed by atoms with van der Waals surface area (Å²) in [5.41, 5.74) is 0.893. The van der Waals surface area contributed by atoms with E-state index in [-0.39, 0.29) is 40.4 Å². The van der Waals surface area contributed by atoms with Crippen molar-refractivity contribution in [3.05, 3.63) is 35.5 Å². The van der Waals surface area contributed by atoms with E-state index in [2.05, 4.69) is 27.1 Å². The van der Waals surface area contributed by atoms with Crippen LogP contribution in [0.3, 0.4) is 0 Å². The number of carbonyl (C=O) groups excluding carboxylic acids is 3. The Hall–Kier alpha value is -3.27. The highest BCUT2D eigenvalue weighted by atomic mass is 19.1. The Morgan fingerprint density at radius 1 is 1.17 bits per heavy atom. The number of esters is 1. The normalized spacial score (nSPS) is 18.6. The zero-order valence-electron chi connectivity index (χ0n) is 24.7. The van der Waals surface area contributed by atoms with Gasteiger partial charge in [0.05, 0.1) is 37.7 Å². The number of H-pyrrole nitrogens is 1. The molecule has 0 radical (unpaired) electrons. The second-order valence-electron chi connectivity index (χ2n) is 11.3. The summed E-state index contributed by atoms with van der Waals surface area (Å²) in [7, 11) is 2.62. The van der Waals surface area contributed by atoms with Crippen molar-refractivity contribution < 1.29 is 28.2 Å². The van der Waals surface area contributed by atoms with Crippen LogP contribution in [0.5, 0.6) is 5.75 Å². The number of nitrogens with zero attached hydrogens (tertiary/aromatic N) is 2. The van der Waals surface area contributed by atoms with Crippen LogP contribution in [0.2, 0.25) is 0 Å². The minimum absolute atomic E-state index is 0.0143. The molecule has 1 saturated carbocycles. The first-order valence-electron chi connectivity index (χ1n) is 14.8. The number of imidazole rings is 1. The number of aromatic amines is 1. The summed E-state index contributed by atoms with van der Waals surface area (Å²) in [6.45, 7) is 7.17. The maximum Gasteiger partial charge on any atom is 0.340 e. The van der Waals surface area contributed by atoms with Gasteiger partial charge in [0.1, 0.15) is 23.2 Å². The summed E-state index contributed by atoms with van der Waals surface area (Å²) in [4.78, 5) is 47.6. The topological polar surface area (TPSA) is 114 Å². The Labute approximate surface area is 241 Å². The molecule has 2 N–H and O–H groups in total. The first-order chi connectivity index (χ1) is 19.7. The Bertz CT molecular complexity index is 1240. The molecule has 1 amide bonds. The van der Waals surface area contributed by atoms with Crippen LogP contribution in [0, 0.1) is 17.2 Å². The first-order valence-corrected chi connectivity index (χ1v) is 14.8. The van der Waals surface area contributed by atoms with E-state index in [9.17, 15) is 18.8 Å². The number of rotatable bonds is 14. The highest BCUT2D eigenvalue weighted by Crippen LogP contribution is 2.59. The van der Waals surface area contributed by atoms with Crippen molar-refractivity contribution in [2.45, 2.75) is 77.7 Å². The predicted molar refractivity (Wildman–Crippen MR) is 153 cm³/mol. The van der Waals surface area contributed by atoms with Crippen molar-refractivity contribution in [1.82, 2.24) is 20.2 Å². The van der Waals surface area contributed by atoms with Gasteiger partial charge in [-0.15, -0.1) is 0 Å². The summed E-state index contributed by atoms with van der Waals surface area (Å²) < 4.78 is 24.6. The Morgan fingerprint density at radius 2 is 1.93 bits per heavy atom. The molecule has 2 fully saturated rings. The molecule has 1 aromatic heterocycles. The lowest BCUT2D eigenvalue weighted by Gasteiger charge is -2.32. The smallest absolute Gasteiger partial charge is 0.340 e. The molecule has 2 atom stereocenters. The number of hydrogen-bond acceptors (Lipinski definition) is 7. The molecule has 2 aliphatic rings. The number of piperidine rings is 1. The number of aromatic nitrogens is 2. The van der Waals surface area contributed by atoms with Gasteiger partial charge >= 0.3 is 5.97 Å². The number of halogens is 1. The molecule has 224 valence electrons. The molecule has 41 heavy (non-hydrogen) atoms. The standard InChI is InChI=1S/C31H43FN4O5/c1-5-20(37)10-8-7-9-11-25(35-29(38)23-18-31(23)12-14-36(6-2)15-13-31)28-33-19-26(34-28)22-16-21(30(39)41-4)24(32)17-27(22)40-3/h16-17,19,23,25H,5-15,18H2,1-4H3,(H,33,34)(H,35,38)/t23-,25+/m1/s1. The number of unbranched alkanes of at least 4 members (excludes halogenated alkanes) is 2. The van der Waals surface area contributed by atoms with Gasteiger partial charge in [0.2, 0.25) is 5.91 Å². The zero-order valence-corrected chi connectivity index (χ0v) is 24.7. The van der Waals surface area contributed by atoms with Gasteiger partial charge in [-0.25, -0.2) is 14.2 Å². The van der Waals surface area contributed by atoms with E-state index in [1.165, 1.54) is 20.3 Å². The molecule has 4 rings (SSSR count). The molecular formula is C31H43FN4O5. The van der Waals surface area contributed by atoms with Crippen molar-refractivity contribution in [1.29, 1.82) is 0 Å². The van der Waals surface area contributed by atoms with Gasteiger partial charge in [0, 0.05) is 30.4 Å². The largest absolute Gasteiger partial charge is 0.496 e. The summed E-state index contributed by atoms with van der Waals surface area (Å²) >= 11 is 0. The number of likely N-dealkylation sites (tertiary alicyclic amines) is 1. The van der Waals surface area contributed by atoms with Crippen LogP contribution in [-0.2, 0) is 14.3 Å². The van der Waals surface area contributed by atoms with Gasteiger partial charge in [-0.3, -0.25) is 9.59 Å². The van der Waals surface area contributed by atoms with Gasteiger partial charge in [-0.05, 0) is 63.2 Å². The molecule has 1 aliphatic heterocycles. The fourth-order valence-electron chi connectivity index (χ4n) is 6.01. The van der Waals surface area contributed by atoms with E-state index in [1.54, 1.807) is 6.20 Å². The van der Waals surface area contributed by atoms with Crippen LogP contribution in [0.1, 0.15) is 93.9 Å². The quantitative estimate of drug-likeness (QED) is 0.236. The van der Waals surface area contributed by atoms with Crippen LogP contribution in [0.4, 0.5) is 4.39 Å². The highest BCUT2D eigenvalue weighted by molar-refractivity contribution is 5.92. The van der Waals surface area contributed by atoms with E-state index in [0.29, 0.717) is 36.3 Å². The minimum Gasteiger partial charge on any atom is -0.496 e. The van der Waals surface area contributed by atoms with Crippen molar-refractivity contribution in [2.24, 2.45) is 11.3 Å². The van der Waals surface area contributed by atoms with E-state index < -0.39 is 11.8 Å². The third kappa shape index (κ3) is 7.15. The fourth-order valence-corrected chi connectivity index (χ4v) is 6.01. The van der Waals surface area contributed by atoms with Crippen molar-refractivity contribution >= 4 is 17.7 Å². The Kier molecular flexibility index (Phi) is 10.2. The molecule has 1 aromatic carbocycles. The number of carbonyl (C=O) groups is 3. The molecule has 1 saturated heterocycles. The average molecular weight is 571 g/mol. The lowest BCUT2D eigenvalue weighted by atomic mass is 9.90. The van der Waals surface area contributed by atoms with Crippen LogP contribution >= 0.6 is 0 Å². The molecule has 0 unspecified atom stereocenters. The van der Waals surface area contributed by atoms with Gasteiger partial charge in [-0.1, -0.05) is 26.7 Å². The molecule has 0 bridgehead atoms. The lowest BCUT2D eigenvalue weighted by Crippen LogP contribution is -2.37. The summed E-state index contributed by atoms with van der Waals surface area (Å²) in [6, 6.07) is 2.18. The lowest BCUT2D eigenvalue weighted by molar-refractivity contribution is -0.124. The molecular weight excluding hydrogens is 527 g/mol. The van der Waals surface area contributed by atoms with Gasteiger partial charge in [0.25, 0.3) is 0 Å². The number of ketones is 1. The van der Waals surface area contributed by atoms with Crippen LogP contribution in [0.15, 0.2) is 18.3 Å². The summed E-state index contributed by atoms with van der Waals surface area (Å²) in [5, 5.41) is 3.27. The molecule has 2 aromatic rings. The number of methoxy groups -OCH3 is 2. The van der Waals surface area contributed by atoms with Crippen molar-refractivity contribution in [2.75, 3.05) is 33.9 Å². The fraction of sp³-hybridized carbons (Fsp3) is 0.613. The van der Waals surface area contributed by atoms with Gasteiger partial charge in [0.15, 0.2) is 0 Å². The molecule has 1 aliphatic carbocycles. The Morgan fingerprint density at radius 3 is 2.59 bits per heavy atom. The van der Waals surface area contributed by atoms with Gasteiger partial charge < -0.3 is 24.7 Å². The third-order valence-corrected chi connectivity index (χ3v) is 8.87. The molecule has 9 nitrogen and oxygen atoms in total. The van der Waals surface area contributed by atoms with Gasteiger partial charge in [-0.2, -0.15) is 0 Å². The number of ether oxygens (including phenoxy) is 2. The molecule has 10 heteroatoms. The molecule has 2 heterocycles. The summed E-state index contributed by atoms with van der Waals surface area (Å²) in [6.07, 6.45) is 8.93. The third-order valence-electron chi connectivity index (χ3n) is 8.87. The maximum atomic E-state index is 14.5. The number of benzene rings is 1. The van der Waals surface area contributed by atoms with Crippen LogP contribution in [0.25, 0.3) is 11.3 Å². The van der Waals surface area contributed by atoms with E-state index in [4.69, 9.17) is 9.47 Å². The van der Waals surface area contributed by atoms with E-state index in [1.807, 2.05) is 6.92 Å². The number of nitrogens with one attached hydrogen (secondary N) is 2. The SMILES string of the molecule is CCC(=O)CCCCC[C@H](NC(=O)[C@H]1CC12CCN(CC)CC2)c1ncc(-c2cc(C(=O)OC)c(F)cc2OC)[nH]1. The second-order valence-corrected chi connectivity index (χ2v) is 11.3. The highest BCUT2D eigenvalue weighted by Gasteiger charge is 2.58. The van der Waals surface area contributed by atoms with E-state index >= 15 is 0 Å². The number of hydrogen-bond donors (Lipinski definition) is 2. The first kappa shape index (κ1) is 30.7. The van der Waals surface area contributed by atoms with Crippen LogP contribution < -0.4 is 10.1 Å². The zero-order chi connectivity index (χ0) is 29.6. The predicted octanol–water partition coefficient (Wildman–Crippen LogP) is 5.22. The number of amides is 1.